The van der Waals surface area contributed by atoms with Crippen LogP contribution in [-0.2, 0) is 6.42 Å². The maximum absolute atomic E-state index is 14.4. The van der Waals surface area contributed by atoms with Gasteiger partial charge in [-0.05, 0) is 118 Å². The molecular formula is C37H48N4O5S2. The fourth-order valence-electron chi connectivity index (χ4n) is 7.82. The lowest BCUT2D eigenvalue weighted by Gasteiger charge is -2.47. The summed E-state index contributed by atoms with van der Waals surface area (Å²) in [4.78, 5) is 22.5. The van der Waals surface area contributed by atoms with Crippen molar-refractivity contribution in [3.63, 3.8) is 0 Å². The van der Waals surface area contributed by atoms with Crippen molar-refractivity contribution < 1.29 is 25.2 Å². The van der Waals surface area contributed by atoms with Crippen LogP contribution in [0, 0.1) is 35.0 Å². The minimum atomic E-state index is -0.815. The van der Waals surface area contributed by atoms with E-state index in [-0.39, 0.29) is 47.4 Å². The van der Waals surface area contributed by atoms with Gasteiger partial charge in [0.2, 0.25) is 0 Å². The van der Waals surface area contributed by atoms with Gasteiger partial charge in [0.25, 0.3) is 0 Å². The number of Topliss-reactive ketones (excluding diaryl/α,β-unsaturated/α-hetero) is 1. The van der Waals surface area contributed by atoms with Crippen molar-refractivity contribution in [1.29, 1.82) is 0 Å². The average Bonchev–Trinajstić information content (AvgIpc) is 3.83. The molecule has 0 aliphatic heterocycles. The number of carbonyl (C=O) groups excluding carboxylic acids is 1. The molecule has 2 aromatic heterocycles. The smallest absolute Gasteiger partial charge is 0.188 e. The van der Waals surface area contributed by atoms with Crippen LogP contribution in [0.15, 0.2) is 47.5 Å². The number of benzene rings is 1. The fraction of sp³-hybridized carbons (Fsp3) is 0.514. The summed E-state index contributed by atoms with van der Waals surface area (Å²) in [5, 5.41) is 47.4. The normalized spacial score (nSPS) is 24.5. The Bertz CT molecular complexity index is 1660. The second-order valence-electron chi connectivity index (χ2n) is 13.5. The van der Waals surface area contributed by atoms with Crippen LogP contribution in [-0.4, -0.2) is 70.6 Å². The van der Waals surface area contributed by atoms with Crippen LogP contribution in [0.5, 0.6) is 5.75 Å². The van der Waals surface area contributed by atoms with E-state index in [2.05, 4.69) is 33.5 Å². The summed E-state index contributed by atoms with van der Waals surface area (Å²) >= 11 is 3.16. The molecule has 5 rings (SSSR count). The number of rotatable bonds is 12. The number of aliphatic imine (C=N–C) groups is 1. The SMILES string of the molecule is CC#Cc1ccc(-c2ccc(C(=O)[C@H]3CC[C@H]([C@@H](Cc4cc(O)cc(NC[C@H](C)O)c4)NC(N)=NC)C[C@@]34CC[C@H]([C@H](O)CO)C4)s2)s1. The lowest BCUT2D eigenvalue weighted by molar-refractivity contribution is 0.0187. The number of nitrogens with one attached hydrogen (secondary N) is 2. The second kappa shape index (κ2) is 15.9. The summed E-state index contributed by atoms with van der Waals surface area (Å²) in [5.74, 6) is 6.54. The number of thiophene rings is 2. The van der Waals surface area contributed by atoms with Gasteiger partial charge >= 0.3 is 0 Å². The van der Waals surface area contributed by atoms with Crippen LogP contribution in [0.3, 0.4) is 0 Å². The summed E-state index contributed by atoms with van der Waals surface area (Å²) in [6.45, 7) is 3.59. The van der Waals surface area contributed by atoms with Crippen molar-refractivity contribution >= 4 is 40.1 Å². The van der Waals surface area contributed by atoms with Crippen LogP contribution in [0.2, 0.25) is 0 Å². The second-order valence-corrected chi connectivity index (χ2v) is 15.6. The molecule has 2 aliphatic rings. The molecule has 0 bridgehead atoms. The zero-order valence-corrected chi connectivity index (χ0v) is 29.5. The van der Waals surface area contributed by atoms with Gasteiger partial charge in [-0.15, -0.1) is 28.6 Å². The summed E-state index contributed by atoms with van der Waals surface area (Å²) in [6, 6.07) is 13.3. The number of phenols is 1. The Hall–Kier alpha value is -3.40. The quantitative estimate of drug-likeness (QED) is 0.0588. The van der Waals surface area contributed by atoms with Gasteiger partial charge in [-0.1, -0.05) is 5.92 Å². The topological polar surface area (TPSA) is 160 Å². The predicted molar refractivity (Wildman–Crippen MR) is 195 cm³/mol. The first kappa shape index (κ1) is 35.9. The molecule has 258 valence electrons. The van der Waals surface area contributed by atoms with Gasteiger partial charge in [0.1, 0.15) is 5.75 Å². The fourth-order valence-corrected chi connectivity index (χ4v) is 9.82. The van der Waals surface area contributed by atoms with E-state index >= 15 is 0 Å². The van der Waals surface area contributed by atoms with Crippen LogP contribution in [0.1, 0.15) is 72.5 Å². The Morgan fingerprint density at radius 2 is 1.83 bits per heavy atom. The minimum absolute atomic E-state index is 0.0746. The highest BCUT2D eigenvalue weighted by Crippen LogP contribution is 2.58. The van der Waals surface area contributed by atoms with E-state index in [9.17, 15) is 25.2 Å². The zero-order chi connectivity index (χ0) is 34.4. The van der Waals surface area contributed by atoms with E-state index in [1.165, 1.54) is 11.3 Å². The molecule has 0 unspecified atom stereocenters. The molecule has 0 radical (unpaired) electrons. The number of carbonyl (C=O) groups is 1. The van der Waals surface area contributed by atoms with Gasteiger partial charge in [0.15, 0.2) is 11.7 Å². The van der Waals surface area contributed by atoms with Crippen LogP contribution < -0.4 is 16.4 Å². The van der Waals surface area contributed by atoms with E-state index in [1.54, 1.807) is 37.4 Å². The first-order valence-electron chi connectivity index (χ1n) is 16.7. The largest absolute Gasteiger partial charge is 0.508 e. The Morgan fingerprint density at radius 1 is 1.08 bits per heavy atom. The number of phenolic OH excluding ortho intramolecular Hbond substituents is 1. The minimum Gasteiger partial charge on any atom is -0.508 e. The van der Waals surface area contributed by atoms with Crippen LogP contribution in [0.25, 0.3) is 9.75 Å². The molecule has 3 aromatic rings. The first-order chi connectivity index (χ1) is 23.0. The Balaban J connectivity index is 1.42. The van der Waals surface area contributed by atoms with E-state index in [0.29, 0.717) is 31.8 Å². The van der Waals surface area contributed by atoms with Gasteiger partial charge in [-0.3, -0.25) is 9.79 Å². The average molecular weight is 693 g/mol. The highest BCUT2D eigenvalue weighted by molar-refractivity contribution is 7.23. The molecule has 2 fully saturated rings. The van der Waals surface area contributed by atoms with Gasteiger partial charge in [-0.25, -0.2) is 0 Å². The molecule has 11 heteroatoms. The number of hydrogen-bond donors (Lipinski definition) is 7. The molecule has 48 heavy (non-hydrogen) atoms. The molecule has 0 saturated heterocycles. The molecule has 1 aromatic carbocycles. The molecule has 9 nitrogen and oxygen atoms in total. The number of aliphatic hydroxyl groups excluding tert-OH is 3. The van der Waals surface area contributed by atoms with Gasteiger partial charge in [-0.2, -0.15) is 0 Å². The molecule has 1 spiro atoms. The lowest BCUT2D eigenvalue weighted by atomic mass is 9.58. The summed E-state index contributed by atoms with van der Waals surface area (Å²) < 4.78 is 0. The van der Waals surface area contributed by atoms with Crippen molar-refractivity contribution in [3.8, 4) is 27.3 Å². The Labute approximate surface area is 291 Å². The number of guanidine groups is 1. The van der Waals surface area contributed by atoms with E-state index in [4.69, 9.17) is 5.73 Å². The summed E-state index contributed by atoms with van der Waals surface area (Å²) in [6.07, 6.45) is 3.71. The number of nitrogens with two attached hydrogens (primary N) is 1. The molecular weight excluding hydrogens is 645 g/mol. The molecule has 8 N–H and O–H groups in total. The Kier molecular flexibility index (Phi) is 11.9. The van der Waals surface area contributed by atoms with Crippen molar-refractivity contribution in [3.05, 3.63) is 57.8 Å². The lowest BCUT2D eigenvalue weighted by Crippen LogP contribution is -2.50. The zero-order valence-electron chi connectivity index (χ0n) is 27.9. The molecule has 2 heterocycles. The predicted octanol–water partition coefficient (Wildman–Crippen LogP) is 5.23. The van der Waals surface area contributed by atoms with Crippen molar-refractivity contribution in [1.82, 2.24) is 5.32 Å². The highest BCUT2D eigenvalue weighted by Gasteiger charge is 2.53. The number of aliphatic hydroxyl groups is 3. The molecule has 0 amide bonds. The number of nitrogens with zero attached hydrogens (tertiary/aromatic N) is 1. The van der Waals surface area contributed by atoms with E-state index in [0.717, 1.165) is 56.4 Å². The van der Waals surface area contributed by atoms with Crippen molar-refractivity contribution in [2.24, 2.45) is 33.9 Å². The number of hydrogen-bond acceptors (Lipinski definition) is 9. The third-order valence-corrected chi connectivity index (χ3v) is 12.4. The number of anilines is 1. The standard InChI is InChI=1S/C37H48N4O5S2/c1-4-5-28-7-9-32(47-28)33-10-11-34(48-33)35(46)29-8-6-24(18-37(29)13-12-25(19-37)31(45)21-42)30(41-36(38)39-3)16-23-14-26(17-27(44)15-23)40-20-22(2)43/h7,9-11,14-15,17,22,24-25,29-31,40,42-45H,6,8,12-13,16,18-21H2,1-3H3,(H3,38,39,41)/t22-,24-,25-,29+,30+,31+,37+/m0/s1. The van der Waals surface area contributed by atoms with Crippen molar-refractivity contribution in [2.45, 2.75) is 77.0 Å². The third-order valence-electron chi connectivity index (χ3n) is 10.1. The van der Waals surface area contributed by atoms with Crippen LogP contribution in [0.4, 0.5) is 5.69 Å². The molecule has 2 aliphatic carbocycles. The maximum atomic E-state index is 14.4. The van der Waals surface area contributed by atoms with Gasteiger partial charge in [0, 0.05) is 47.1 Å². The van der Waals surface area contributed by atoms with Crippen molar-refractivity contribution in [2.75, 3.05) is 25.5 Å². The van der Waals surface area contributed by atoms with Gasteiger partial charge in [0.05, 0.1) is 28.6 Å². The monoisotopic (exact) mass is 692 g/mol. The summed E-state index contributed by atoms with van der Waals surface area (Å²) in [7, 11) is 1.64. The Morgan fingerprint density at radius 3 is 2.56 bits per heavy atom. The number of ketones is 1. The highest BCUT2D eigenvalue weighted by atomic mass is 32.1. The third kappa shape index (κ3) is 8.41. The maximum Gasteiger partial charge on any atom is 0.188 e. The van der Waals surface area contributed by atoms with Crippen LogP contribution >= 0.6 is 22.7 Å². The van der Waals surface area contributed by atoms with E-state index in [1.807, 2.05) is 31.2 Å². The molecule has 2 saturated carbocycles. The molecule has 7 atom stereocenters. The number of aromatic hydroxyl groups is 1. The van der Waals surface area contributed by atoms with E-state index < -0.39 is 12.2 Å². The first-order valence-corrected chi connectivity index (χ1v) is 18.4. The van der Waals surface area contributed by atoms with Gasteiger partial charge < -0.3 is 36.8 Å². The summed E-state index contributed by atoms with van der Waals surface area (Å²) in [5.41, 5.74) is 7.54.